The van der Waals surface area contributed by atoms with Crippen LogP contribution in [0.25, 0.3) is 5.57 Å². The van der Waals surface area contributed by atoms with Gasteiger partial charge in [-0.15, -0.1) is 11.6 Å². The number of nitrogens with zero attached hydrogens (tertiary/aromatic N) is 1. The van der Waals surface area contributed by atoms with Crippen molar-refractivity contribution in [3.05, 3.63) is 42.1 Å². The molecule has 1 atom stereocenters. The molecule has 4 nitrogen and oxygen atoms in total. The second-order valence-corrected chi connectivity index (χ2v) is 6.76. The molecular formula is C11H10Cl2N2O2S. The van der Waals surface area contributed by atoms with Gasteiger partial charge in [0.15, 0.2) is 0 Å². The van der Waals surface area contributed by atoms with Crippen molar-refractivity contribution < 1.29 is 8.42 Å². The maximum atomic E-state index is 11.5. The van der Waals surface area contributed by atoms with Crippen molar-refractivity contribution in [2.75, 3.05) is 5.88 Å². The summed E-state index contributed by atoms with van der Waals surface area (Å²) >= 11 is 5.65. The number of allylic oxidation sites excluding steroid dienone is 1. The lowest BCUT2D eigenvalue weighted by Crippen LogP contribution is -2.49. The second kappa shape index (κ2) is 4.91. The van der Waals surface area contributed by atoms with E-state index < -0.39 is 14.0 Å². The molecule has 1 aliphatic rings. The minimum Gasteiger partial charge on any atom is -0.352 e. The van der Waals surface area contributed by atoms with Gasteiger partial charge >= 0.3 is 0 Å². The van der Waals surface area contributed by atoms with E-state index in [2.05, 4.69) is 10.3 Å². The normalized spacial score (nSPS) is 23.3. The summed E-state index contributed by atoms with van der Waals surface area (Å²) in [5.41, 5.74) is 1.68. The highest BCUT2D eigenvalue weighted by Crippen LogP contribution is 2.26. The summed E-state index contributed by atoms with van der Waals surface area (Å²) in [6.45, 7) is 0. The van der Waals surface area contributed by atoms with E-state index in [-0.39, 0.29) is 5.88 Å². The van der Waals surface area contributed by atoms with Gasteiger partial charge in [-0.25, -0.2) is 13.4 Å². The third-order valence-electron chi connectivity index (χ3n) is 2.56. The second-order valence-electron chi connectivity index (χ2n) is 3.72. The van der Waals surface area contributed by atoms with Gasteiger partial charge < -0.3 is 5.32 Å². The van der Waals surface area contributed by atoms with Crippen LogP contribution in [-0.4, -0.2) is 25.5 Å². The predicted octanol–water partition coefficient (Wildman–Crippen LogP) is 2.16. The van der Waals surface area contributed by atoms with Crippen molar-refractivity contribution >= 4 is 43.1 Å². The lowest BCUT2D eigenvalue weighted by atomic mass is 10.1. The predicted molar refractivity (Wildman–Crippen MR) is 74.3 cm³/mol. The van der Waals surface area contributed by atoms with E-state index >= 15 is 0 Å². The Kier molecular flexibility index (Phi) is 3.66. The molecule has 0 saturated heterocycles. The van der Waals surface area contributed by atoms with Gasteiger partial charge in [0.25, 0.3) is 14.0 Å². The van der Waals surface area contributed by atoms with Crippen molar-refractivity contribution in [3.63, 3.8) is 0 Å². The number of nitrogens with one attached hydrogen (secondary N) is 1. The van der Waals surface area contributed by atoms with Gasteiger partial charge in [0.2, 0.25) is 0 Å². The average molecular weight is 305 g/mol. The molecule has 0 saturated carbocycles. The van der Waals surface area contributed by atoms with Crippen LogP contribution in [0.15, 0.2) is 41.5 Å². The maximum absolute atomic E-state index is 11.5. The Morgan fingerprint density at radius 3 is 2.39 bits per heavy atom. The Bertz CT molecular complexity index is 599. The molecule has 1 heterocycles. The fourth-order valence-electron chi connectivity index (χ4n) is 1.50. The van der Waals surface area contributed by atoms with Gasteiger partial charge in [-0.1, -0.05) is 30.3 Å². The first kappa shape index (κ1) is 13.4. The molecule has 1 unspecified atom stereocenters. The van der Waals surface area contributed by atoms with Gasteiger partial charge in [-0.3, -0.25) is 0 Å². The number of hydrogen-bond donors (Lipinski definition) is 1. The van der Waals surface area contributed by atoms with Gasteiger partial charge in [-0.05, 0) is 5.56 Å². The number of benzene rings is 1. The summed E-state index contributed by atoms with van der Waals surface area (Å²) in [4.78, 5) is 2.27. The molecule has 18 heavy (non-hydrogen) atoms. The molecule has 2 rings (SSSR count). The summed E-state index contributed by atoms with van der Waals surface area (Å²) in [5, 5.41) is 2.66. The molecule has 96 valence electrons. The molecule has 0 fully saturated rings. The third kappa shape index (κ3) is 2.39. The van der Waals surface area contributed by atoms with Crippen LogP contribution < -0.4 is 5.32 Å². The Morgan fingerprint density at radius 1 is 1.28 bits per heavy atom. The average Bonchev–Trinajstić information content (AvgIpc) is 2.38. The molecule has 0 radical (unpaired) electrons. The number of hydrogen-bond acceptors (Lipinski definition) is 4. The summed E-state index contributed by atoms with van der Waals surface area (Å²) < 4.78 is 22.9. The van der Waals surface area contributed by atoms with Crippen molar-refractivity contribution in [2.45, 2.75) is 4.99 Å². The zero-order chi connectivity index (χ0) is 13.2. The summed E-state index contributed by atoms with van der Waals surface area (Å²) in [6, 6.07) is 9.44. The van der Waals surface area contributed by atoms with Crippen molar-refractivity contribution in [1.82, 2.24) is 5.32 Å². The molecule has 0 amide bonds. The van der Waals surface area contributed by atoms with Crippen LogP contribution in [0.5, 0.6) is 0 Å². The Balaban J connectivity index is 2.32. The molecule has 1 N–H and O–H groups in total. The first-order valence-electron chi connectivity index (χ1n) is 5.07. The smallest absolute Gasteiger partial charge is 0.278 e. The highest BCUT2D eigenvalue weighted by atomic mass is 35.7. The van der Waals surface area contributed by atoms with Crippen LogP contribution in [0.4, 0.5) is 0 Å². The highest BCUT2D eigenvalue weighted by Gasteiger charge is 2.42. The van der Waals surface area contributed by atoms with Crippen LogP contribution in [0.1, 0.15) is 5.56 Å². The Morgan fingerprint density at radius 2 is 1.94 bits per heavy atom. The lowest BCUT2D eigenvalue weighted by molar-refractivity contribution is 0.526. The molecule has 1 aromatic rings. The molecule has 7 heteroatoms. The Labute approximate surface area is 115 Å². The first-order chi connectivity index (χ1) is 8.48. The van der Waals surface area contributed by atoms with E-state index in [0.717, 1.165) is 11.1 Å². The van der Waals surface area contributed by atoms with E-state index in [1.54, 1.807) is 6.20 Å². The van der Waals surface area contributed by atoms with Crippen LogP contribution in [0.3, 0.4) is 0 Å². The standard InChI is InChI=1S/C11H10Cl2N2O2S/c12-8-11(18(13,16)17)14-6-10(7-15-11)9-4-2-1-3-5-9/h1-7,14H,8H2. The number of alkyl halides is 1. The van der Waals surface area contributed by atoms with E-state index in [1.165, 1.54) is 6.21 Å². The monoisotopic (exact) mass is 304 g/mol. The lowest BCUT2D eigenvalue weighted by Gasteiger charge is -2.27. The molecule has 0 spiro atoms. The van der Waals surface area contributed by atoms with Gasteiger partial charge in [0, 0.05) is 28.7 Å². The molecule has 0 aromatic heterocycles. The molecule has 1 aromatic carbocycles. The largest absolute Gasteiger partial charge is 0.352 e. The van der Waals surface area contributed by atoms with Crippen molar-refractivity contribution in [1.29, 1.82) is 0 Å². The van der Waals surface area contributed by atoms with Crippen LogP contribution >= 0.6 is 22.3 Å². The summed E-state index contributed by atoms with van der Waals surface area (Å²) in [7, 11) is 1.39. The Hall–Kier alpha value is -1.04. The topological polar surface area (TPSA) is 58.5 Å². The zero-order valence-electron chi connectivity index (χ0n) is 9.18. The zero-order valence-corrected chi connectivity index (χ0v) is 11.5. The van der Waals surface area contributed by atoms with E-state index in [0.29, 0.717) is 0 Å². The molecule has 0 bridgehead atoms. The van der Waals surface area contributed by atoms with E-state index in [9.17, 15) is 8.42 Å². The van der Waals surface area contributed by atoms with Gasteiger partial charge in [0.05, 0.1) is 5.88 Å². The van der Waals surface area contributed by atoms with Crippen molar-refractivity contribution in [2.24, 2.45) is 4.99 Å². The van der Waals surface area contributed by atoms with Crippen LogP contribution in [-0.2, 0) is 9.05 Å². The number of rotatable bonds is 3. The molecule has 0 aliphatic carbocycles. The van der Waals surface area contributed by atoms with Crippen LogP contribution in [0.2, 0.25) is 0 Å². The minimum atomic E-state index is -3.96. The quantitative estimate of drug-likeness (QED) is 0.688. The first-order valence-corrected chi connectivity index (χ1v) is 7.91. The van der Waals surface area contributed by atoms with Gasteiger partial charge in [0.1, 0.15) is 0 Å². The summed E-state index contributed by atoms with van der Waals surface area (Å²) in [6.07, 6.45) is 3.00. The number of halogens is 2. The summed E-state index contributed by atoms with van der Waals surface area (Å²) in [5.74, 6) is -0.270. The van der Waals surface area contributed by atoms with E-state index in [4.69, 9.17) is 22.3 Å². The minimum absolute atomic E-state index is 0.270. The molecule has 1 aliphatic heterocycles. The highest BCUT2D eigenvalue weighted by molar-refractivity contribution is 8.14. The number of aliphatic imine (C=N–C) groups is 1. The fraction of sp³-hybridized carbons (Fsp3) is 0.182. The molecular weight excluding hydrogens is 295 g/mol. The van der Waals surface area contributed by atoms with Gasteiger partial charge in [-0.2, -0.15) is 0 Å². The van der Waals surface area contributed by atoms with Crippen molar-refractivity contribution in [3.8, 4) is 0 Å². The van der Waals surface area contributed by atoms with E-state index in [1.807, 2.05) is 30.3 Å². The fourth-order valence-corrected chi connectivity index (χ4v) is 3.17. The van der Waals surface area contributed by atoms with Crippen LogP contribution in [0, 0.1) is 0 Å². The third-order valence-corrected chi connectivity index (χ3v) is 5.04. The maximum Gasteiger partial charge on any atom is 0.278 e. The SMILES string of the molecule is O=S(=O)(Cl)C1(CCl)N=CC(c2ccccc2)=CN1.